The van der Waals surface area contributed by atoms with Crippen LogP contribution in [0.15, 0.2) is 0 Å². The van der Waals surface area contributed by atoms with Gasteiger partial charge in [-0.05, 0) is 64.1 Å². The van der Waals surface area contributed by atoms with Crippen LogP contribution in [0.4, 0.5) is 0 Å². The van der Waals surface area contributed by atoms with Crippen LogP contribution < -0.4 is 5.73 Å². The van der Waals surface area contributed by atoms with Gasteiger partial charge < -0.3 is 10.6 Å². The largest absolute Gasteiger partial charge is 0.369 e. The summed E-state index contributed by atoms with van der Waals surface area (Å²) in [7, 11) is 0. The predicted octanol–water partition coefficient (Wildman–Crippen LogP) is 2.15. The average molecular weight is 238 g/mol. The normalized spacial score (nSPS) is 24.2. The lowest BCUT2D eigenvalue weighted by molar-refractivity contribution is -0.124. The molecule has 2 fully saturated rings. The van der Waals surface area contributed by atoms with E-state index < -0.39 is 0 Å². The van der Waals surface area contributed by atoms with Gasteiger partial charge in [-0.1, -0.05) is 12.8 Å². The van der Waals surface area contributed by atoms with Crippen LogP contribution in [0.1, 0.15) is 51.4 Å². The minimum atomic E-state index is -0.0617. The lowest BCUT2D eigenvalue weighted by atomic mass is 9.74. The fraction of sp³-hybridized carbons (Fsp3) is 0.929. The lowest BCUT2D eigenvalue weighted by Crippen LogP contribution is -2.35. The number of nitrogens with zero attached hydrogens (tertiary/aromatic N) is 1. The molecule has 1 aliphatic carbocycles. The molecule has 1 unspecified atom stereocenters. The van der Waals surface area contributed by atoms with Crippen LogP contribution in [-0.4, -0.2) is 30.4 Å². The number of hydrogen-bond acceptors (Lipinski definition) is 2. The summed E-state index contributed by atoms with van der Waals surface area (Å²) in [6, 6.07) is 0. The van der Waals surface area contributed by atoms with Crippen molar-refractivity contribution >= 4 is 5.91 Å². The van der Waals surface area contributed by atoms with Gasteiger partial charge in [-0.3, -0.25) is 4.79 Å². The van der Waals surface area contributed by atoms with Crippen molar-refractivity contribution in [1.82, 2.24) is 4.90 Å². The van der Waals surface area contributed by atoms with Gasteiger partial charge in [0.05, 0.1) is 0 Å². The molecule has 3 nitrogen and oxygen atoms in total. The maximum atomic E-state index is 11.4. The molecule has 1 amide bonds. The first-order valence-corrected chi connectivity index (χ1v) is 7.29. The van der Waals surface area contributed by atoms with E-state index in [-0.39, 0.29) is 11.8 Å². The van der Waals surface area contributed by atoms with Crippen molar-refractivity contribution in [2.45, 2.75) is 51.4 Å². The highest BCUT2D eigenvalue weighted by atomic mass is 16.1. The number of primary amides is 1. The lowest BCUT2D eigenvalue weighted by Gasteiger charge is -2.32. The maximum absolute atomic E-state index is 11.4. The highest BCUT2D eigenvalue weighted by Crippen LogP contribution is 2.35. The van der Waals surface area contributed by atoms with Crippen molar-refractivity contribution in [2.75, 3.05) is 19.6 Å². The Bertz CT molecular complexity index is 245. The Kier molecular flexibility index (Phi) is 4.84. The molecular formula is C14H26N2O. The van der Waals surface area contributed by atoms with Crippen LogP contribution in [0, 0.1) is 11.8 Å². The molecule has 0 aromatic heterocycles. The minimum Gasteiger partial charge on any atom is -0.369 e. The summed E-state index contributed by atoms with van der Waals surface area (Å²) in [5.74, 6) is 0.704. The third kappa shape index (κ3) is 3.70. The number of nitrogens with two attached hydrogens (primary N) is 1. The topological polar surface area (TPSA) is 46.3 Å². The molecule has 1 saturated carbocycles. The highest BCUT2D eigenvalue weighted by Gasteiger charge is 2.30. The van der Waals surface area contributed by atoms with Crippen LogP contribution >= 0.6 is 0 Å². The first kappa shape index (κ1) is 12.9. The summed E-state index contributed by atoms with van der Waals surface area (Å²) in [5.41, 5.74) is 5.51. The zero-order valence-corrected chi connectivity index (χ0v) is 10.9. The molecular weight excluding hydrogens is 212 g/mol. The number of carbonyl (C=O) groups is 1. The smallest absolute Gasteiger partial charge is 0.220 e. The molecule has 1 aliphatic heterocycles. The van der Waals surface area contributed by atoms with Crippen LogP contribution in [0.2, 0.25) is 0 Å². The number of hydrogen-bond donors (Lipinski definition) is 1. The number of amides is 1. The molecule has 0 aromatic rings. The monoisotopic (exact) mass is 238 g/mol. The van der Waals surface area contributed by atoms with Gasteiger partial charge in [0, 0.05) is 5.92 Å². The second-order valence-corrected chi connectivity index (χ2v) is 5.74. The van der Waals surface area contributed by atoms with E-state index in [1.807, 2.05) is 0 Å². The van der Waals surface area contributed by atoms with Gasteiger partial charge in [-0.2, -0.15) is 0 Å². The molecule has 17 heavy (non-hydrogen) atoms. The fourth-order valence-electron chi connectivity index (χ4n) is 3.17. The molecule has 1 heterocycles. The van der Waals surface area contributed by atoms with Crippen molar-refractivity contribution in [3.8, 4) is 0 Å². The van der Waals surface area contributed by atoms with E-state index in [9.17, 15) is 4.79 Å². The summed E-state index contributed by atoms with van der Waals surface area (Å²) in [6.45, 7) is 3.67. The summed E-state index contributed by atoms with van der Waals surface area (Å²) in [4.78, 5) is 14.0. The third-order valence-electron chi connectivity index (χ3n) is 4.52. The molecule has 2 aliphatic rings. The summed E-state index contributed by atoms with van der Waals surface area (Å²) < 4.78 is 0. The summed E-state index contributed by atoms with van der Waals surface area (Å²) in [6.07, 6.45) is 9.97. The Labute approximate surface area is 105 Å². The van der Waals surface area contributed by atoms with E-state index in [4.69, 9.17) is 5.73 Å². The Hall–Kier alpha value is -0.570. The minimum absolute atomic E-state index is 0.0617. The molecule has 0 bridgehead atoms. The van der Waals surface area contributed by atoms with Crippen molar-refractivity contribution in [1.29, 1.82) is 0 Å². The SMILES string of the molecule is NC(=O)C(CCCN1CCCCC1)C1CCC1. The number of likely N-dealkylation sites (tertiary alicyclic amines) is 1. The Morgan fingerprint density at radius 2 is 1.88 bits per heavy atom. The van der Waals surface area contributed by atoms with Crippen LogP contribution in [-0.2, 0) is 4.79 Å². The van der Waals surface area contributed by atoms with E-state index in [1.54, 1.807) is 0 Å². The zero-order valence-electron chi connectivity index (χ0n) is 10.9. The maximum Gasteiger partial charge on any atom is 0.220 e. The van der Waals surface area contributed by atoms with Crippen LogP contribution in [0.3, 0.4) is 0 Å². The molecule has 2 N–H and O–H groups in total. The van der Waals surface area contributed by atoms with Gasteiger partial charge in [0.1, 0.15) is 0 Å². The van der Waals surface area contributed by atoms with Gasteiger partial charge in [0.15, 0.2) is 0 Å². The molecule has 2 rings (SSSR count). The number of piperidine rings is 1. The average Bonchev–Trinajstić information content (AvgIpc) is 2.26. The van der Waals surface area contributed by atoms with Crippen LogP contribution in [0.25, 0.3) is 0 Å². The molecule has 3 heteroatoms. The Morgan fingerprint density at radius 3 is 2.41 bits per heavy atom. The second-order valence-electron chi connectivity index (χ2n) is 5.74. The zero-order chi connectivity index (χ0) is 12.1. The van der Waals surface area contributed by atoms with E-state index in [0.717, 1.165) is 19.4 Å². The molecule has 1 atom stereocenters. The van der Waals surface area contributed by atoms with Gasteiger partial charge in [-0.15, -0.1) is 0 Å². The van der Waals surface area contributed by atoms with Gasteiger partial charge in [0.25, 0.3) is 0 Å². The molecule has 0 radical (unpaired) electrons. The van der Waals surface area contributed by atoms with Crippen molar-refractivity contribution < 1.29 is 4.79 Å². The Morgan fingerprint density at radius 1 is 1.18 bits per heavy atom. The standard InChI is InChI=1S/C14H26N2O/c15-14(17)13(12-6-4-7-12)8-5-11-16-9-2-1-3-10-16/h12-13H,1-11H2,(H2,15,17). The van der Waals surface area contributed by atoms with Gasteiger partial charge in [-0.25, -0.2) is 0 Å². The number of rotatable bonds is 6. The first-order valence-electron chi connectivity index (χ1n) is 7.29. The second kappa shape index (κ2) is 6.39. The van der Waals surface area contributed by atoms with Crippen molar-refractivity contribution in [2.24, 2.45) is 17.6 Å². The van der Waals surface area contributed by atoms with Gasteiger partial charge in [0.2, 0.25) is 5.91 Å². The first-order chi connectivity index (χ1) is 8.27. The number of carbonyl (C=O) groups excluding carboxylic acids is 1. The molecule has 98 valence electrons. The van der Waals surface area contributed by atoms with Crippen LogP contribution in [0.5, 0.6) is 0 Å². The van der Waals surface area contributed by atoms with Gasteiger partial charge >= 0.3 is 0 Å². The molecule has 1 saturated heterocycles. The van der Waals surface area contributed by atoms with E-state index in [1.165, 1.54) is 51.6 Å². The third-order valence-corrected chi connectivity index (χ3v) is 4.52. The molecule has 0 spiro atoms. The fourth-order valence-corrected chi connectivity index (χ4v) is 3.17. The quantitative estimate of drug-likeness (QED) is 0.770. The van der Waals surface area contributed by atoms with Crippen molar-refractivity contribution in [3.05, 3.63) is 0 Å². The summed E-state index contributed by atoms with van der Waals surface area (Å²) >= 11 is 0. The molecule has 0 aromatic carbocycles. The van der Waals surface area contributed by atoms with E-state index in [2.05, 4.69) is 4.90 Å². The van der Waals surface area contributed by atoms with Crippen molar-refractivity contribution in [3.63, 3.8) is 0 Å². The predicted molar refractivity (Wildman–Crippen MR) is 69.6 cm³/mol. The summed E-state index contributed by atoms with van der Waals surface area (Å²) in [5, 5.41) is 0. The Balaban J connectivity index is 1.66. The van der Waals surface area contributed by atoms with E-state index >= 15 is 0 Å². The highest BCUT2D eigenvalue weighted by molar-refractivity contribution is 5.77. The van der Waals surface area contributed by atoms with E-state index in [0.29, 0.717) is 5.92 Å².